The van der Waals surface area contributed by atoms with E-state index >= 15 is 0 Å². The van der Waals surface area contributed by atoms with Crippen LogP contribution in [0.15, 0.2) is 10.4 Å². The van der Waals surface area contributed by atoms with Crippen LogP contribution in [-0.2, 0) is 19.5 Å². The average Bonchev–Trinajstić information content (AvgIpc) is 3.05. The van der Waals surface area contributed by atoms with Gasteiger partial charge in [-0.25, -0.2) is 9.97 Å². The number of thiazole rings is 2. The molecule has 2 rings (SSSR count). The van der Waals surface area contributed by atoms with Gasteiger partial charge in [0, 0.05) is 17.3 Å². The molecule has 0 unspecified atom stereocenters. The molecule has 0 bridgehead atoms. The summed E-state index contributed by atoms with van der Waals surface area (Å²) in [7, 11) is 1.78. The van der Waals surface area contributed by atoms with Crippen molar-refractivity contribution in [2.45, 2.75) is 40.3 Å². The van der Waals surface area contributed by atoms with Crippen LogP contribution >= 0.6 is 22.7 Å². The van der Waals surface area contributed by atoms with Crippen molar-refractivity contribution in [2.75, 3.05) is 7.05 Å². The molecule has 2 N–H and O–H groups in total. The lowest BCUT2D eigenvalue weighted by molar-refractivity contribution is 0.797. The number of nitrogens with zero attached hydrogens (tertiary/aromatic N) is 3. The molecule has 0 amide bonds. The molecule has 0 radical (unpaired) electrons. The molecule has 2 aromatic rings. The maximum Gasteiger partial charge on any atom is 0.191 e. The normalized spacial score (nSPS) is 11.7. The largest absolute Gasteiger partial charge is 0.351 e. The van der Waals surface area contributed by atoms with Gasteiger partial charge in [-0.3, -0.25) is 4.99 Å². The van der Waals surface area contributed by atoms with E-state index in [1.165, 1.54) is 9.88 Å². The Morgan fingerprint density at radius 3 is 2.57 bits per heavy atom. The molecule has 0 aliphatic carbocycles. The van der Waals surface area contributed by atoms with E-state index in [0.29, 0.717) is 6.54 Å². The highest BCUT2D eigenvalue weighted by Crippen LogP contribution is 2.16. The number of aryl methyl sites for hydroxylation is 3. The zero-order chi connectivity index (χ0) is 15.2. The zero-order valence-electron chi connectivity index (χ0n) is 12.9. The lowest BCUT2D eigenvalue weighted by Gasteiger charge is -2.10. The van der Waals surface area contributed by atoms with Gasteiger partial charge in [0.25, 0.3) is 0 Å². The second-order valence-electron chi connectivity index (χ2n) is 4.61. The fourth-order valence-electron chi connectivity index (χ4n) is 1.89. The van der Waals surface area contributed by atoms with Gasteiger partial charge >= 0.3 is 0 Å². The Morgan fingerprint density at radius 2 is 2.00 bits per heavy atom. The van der Waals surface area contributed by atoms with Gasteiger partial charge in [-0.2, -0.15) is 0 Å². The summed E-state index contributed by atoms with van der Waals surface area (Å²) >= 11 is 3.43. The van der Waals surface area contributed by atoms with Crippen molar-refractivity contribution in [3.05, 3.63) is 31.7 Å². The monoisotopic (exact) mass is 323 g/mol. The third-order valence-corrected chi connectivity index (χ3v) is 5.09. The van der Waals surface area contributed by atoms with Crippen molar-refractivity contribution >= 4 is 28.6 Å². The van der Waals surface area contributed by atoms with Crippen molar-refractivity contribution in [1.29, 1.82) is 0 Å². The minimum absolute atomic E-state index is 0.691. The van der Waals surface area contributed by atoms with Crippen LogP contribution in [-0.4, -0.2) is 23.0 Å². The van der Waals surface area contributed by atoms with Crippen LogP contribution in [0.3, 0.4) is 0 Å². The second kappa shape index (κ2) is 7.51. The fraction of sp³-hybridized carbons (Fsp3) is 0.500. The molecule has 2 heterocycles. The summed E-state index contributed by atoms with van der Waals surface area (Å²) < 4.78 is 0. The summed E-state index contributed by atoms with van der Waals surface area (Å²) in [6.07, 6.45) is 0.988. The molecule has 0 saturated carbocycles. The van der Waals surface area contributed by atoms with Crippen LogP contribution in [0.25, 0.3) is 0 Å². The first-order valence-corrected chi connectivity index (χ1v) is 8.62. The number of aliphatic imine (C=N–C) groups is 1. The predicted molar refractivity (Wildman–Crippen MR) is 90.1 cm³/mol. The van der Waals surface area contributed by atoms with Gasteiger partial charge in [-0.05, 0) is 20.3 Å². The molecule has 0 aliphatic heterocycles. The van der Waals surface area contributed by atoms with Gasteiger partial charge in [-0.15, -0.1) is 22.7 Å². The smallest absolute Gasteiger partial charge is 0.191 e. The zero-order valence-corrected chi connectivity index (χ0v) is 14.5. The van der Waals surface area contributed by atoms with Crippen LogP contribution in [0.5, 0.6) is 0 Å². The molecule has 21 heavy (non-hydrogen) atoms. The van der Waals surface area contributed by atoms with E-state index in [9.17, 15) is 0 Å². The van der Waals surface area contributed by atoms with Crippen LogP contribution in [0.1, 0.15) is 33.2 Å². The molecule has 5 nitrogen and oxygen atoms in total. The molecule has 0 spiro atoms. The summed E-state index contributed by atoms with van der Waals surface area (Å²) in [5, 5.41) is 11.0. The van der Waals surface area contributed by atoms with Gasteiger partial charge in [0.1, 0.15) is 0 Å². The van der Waals surface area contributed by atoms with E-state index in [-0.39, 0.29) is 0 Å². The Kier molecular flexibility index (Phi) is 5.69. The first-order valence-electron chi connectivity index (χ1n) is 6.93. The molecule has 0 aromatic carbocycles. The second-order valence-corrected chi connectivity index (χ2v) is 6.84. The minimum atomic E-state index is 0.691. The van der Waals surface area contributed by atoms with Crippen molar-refractivity contribution in [2.24, 2.45) is 4.99 Å². The van der Waals surface area contributed by atoms with Crippen molar-refractivity contribution in [1.82, 2.24) is 20.6 Å². The predicted octanol–water partition coefficient (Wildman–Crippen LogP) is 2.64. The Labute approximate surface area is 133 Å². The summed E-state index contributed by atoms with van der Waals surface area (Å²) in [6.45, 7) is 7.63. The Balaban J connectivity index is 1.84. The first kappa shape index (κ1) is 15.9. The number of hydrogen-bond acceptors (Lipinski definition) is 5. The molecule has 0 saturated heterocycles. The topological polar surface area (TPSA) is 62.2 Å². The van der Waals surface area contributed by atoms with Gasteiger partial charge in [-0.1, -0.05) is 6.92 Å². The van der Waals surface area contributed by atoms with E-state index in [0.717, 1.165) is 35.3 Å². The summed E-state index contributed by atoms with van der Waals surface area (Å²) in [6, 6.07) is 0. The molecule has 0 atom stereocenters. The molecular formula is C14H21N5S2. The summed E-state index contributed by atoms with van der Waals surface area (Å²) in [4.78, 5) is 14.4. The molecule has 7 heteroatoms. The highest BCUT2D eigenvalue weighted by molar-refractivity contribution is 7.11. The van der Waals surface area contributed by atoms with Gasteiger partial charge in [0.05, 0.1) is 34.5 Å². The third-order valence-electron chi connectivity index (χ3n) is 2.98. The standard InChI is InChI=1S/C14H21N5S2/c1-5-13-19-11(8-20-13)6-16-14(15-4)17-7-12-9(2)18-10(3)21-12/h8H,5-7H2,1-4H3,(H2,15,16,17). The number of rotatable bonds is 5. The average molecular weight is 323 g/mol. The molecule has 0 aliphatic rings. The Morgan fingerprint density at radius 1 is 1.24 bits per heavy atom. The van der Waals surface area contributed by atoms with Crippen LogP contribution in [0.4, 0.5) is 0 Å². The highest BCUT2D eigenvalue weighted by Gasteiger charge is 2.06. The number of aromatic nitrogens is 2. The minimum Gasteiger partial charge on any atom is -0.351 e. The van der Waals surface area contributed by atoms with E-state index in [1.807, 2.05) is 13.8 Å². The van der Waals surface area contributed by atoms with Crippen molar-refractivity contribution in [3.8, 4) is 0 Å². The maximum absolute atomic E-state index is 4.54. The van der Waals surface area contributed by atoms with Crippen LogP contribution in [0, 0.1) is 13.8 Å². The van der Waals surface area contributed by atoms with Crippen LogP contribution in [0.2, 0.25) is 0 Å². The number of guanidine groups is 1. The molecule has 114 valence electrons. The molecule has 0 fully saturated rings. The van der Waals surface area contributed by atoms with Gasteiger partial charge in [0.15, 0.2) is 5.96 Å². The lowest BCUT2D eigenvalue weighted by atomic mass is 10.4. The number of hydrogen-bond donors (Lipinski definition) is 2. The highest BCUT2D eigenvalue weighted by atomic mass is 32.1. The first-order chi connectivity index (χ1) is 10.1. The van der Waals surface area contributed by atoms with Crippen molar-refractivity contribution < 1.29 is 0 Å². The molecule has 2 aromatic heterocycles. The Hall–Kier alpha value is -1.47. The SMILES string of the molecule is CCc1nc(CNC(=NC)NCc2sc(C)nc2C)cs1. The van der Waals surface area contributed by atoms with Gasteiger partial charge < -0.3 is 10.6 Å². The lowest BCUT2D eigenvalue weighted by Crippen LogP contribution is -2.36. The number of nitrogens with one attached hydrogen (secondary N) is 2. The van der Waals surface area contributed by atoms with Crippen molar-refractivity contribution in [3.63, 3.8) is 0 Å². The van der Waals surface area contributed by atoms with E-state index in [4.69, 9.17) is 0 Å². The summed E-state index contributed by atoms with van der Waals surface area (Å²) in [5.41, 5.74) is 2.15. The third kappa shape index (κ3) is 4.50. The maximum atomic E-state index is 4.54. The van der Waals surface area contributed by atoms with E-state index in [2.05, 4.69) is 37.9 Å². The summed E-state index contributed by atoms with van der Waals surface area (Å²) in [5.74, 6) is 0.784. The Bertz CT molecular complexity index is 615. The van der Waals surface area contributed by atoms with E-state index in [1.54, 1.807) is 29.7 Å². The van der Waals surface area contributed by atoms with E-state index < -0.39 is 0 Å². The fourth-order valence-corrected chi connectivity index (χ4v) is 3.51. The van der Waals surface area contributed by atoms with Crippen LogP contribution < -0.4 is 10.6 Å². The van der Waals surface area contributed by atoms with Gasteiger partial charge in [0.2, 0.25) is 0 Å². The molecular weight excluding hydrogens is 302 g/mol. The quantitative estimate of drug-likeness (QED) is 0.656.